The Labute approximate surface area is 105 Å². The van der Waals surface area contributed by atoms with Gasteiger partial charge in [0.2, 0.25) is 0 Å². The van der Waals surface area contributed by atoms with Crippen LogP contribution in [0.3, 0.4) is 0 Å². The van der Waals surface area contributed by atoms with E-state index in [9.17, 15) is 0 Å². The standard InChI is InChI=1S/C15H25NO/c1-5-6-11-16-13(4)14-9-7-8-10-15(14)17-12(2)3/h7-10,12-13,16H,5-6,11H2,1-4H3/t13-/m1/s1. The fourth-order valence-electron chi connectivity index (χ4n) is 1.80. The Hall–Kier alpha value is -1.02. The molecule has 96 valence electrons. The fourth-order valence-corrected chi connectivity index (χ4v) is 1.80. The lowest BCUT2D eigenvalue weighted by Crippen LogP contribution is -2.21. The number of ether oxygens (including phenoxy) is 1. The normalized spacial score (nSPS) is 12.8. The minimum absolute atomic E-state index is 0.221. The predicted molar refractivity (Wildman–Crippen MR) is 73.5 cm³/mol. The van der Waals surface area contributed by atoms with Gasteiger partial charge in [0.1, 0.15) is 5.75 Å². The Morgan fingerprint density at radius 1 is 1.18 bits per heavy atom. The zero-order chi connectivity index (χ0) is 12.7. The first kappa shape index (κ1) is 14.0. The summed E-state index contributed by atoms with van der Waals surface area (Å²) in [5.41, 5.74) is 1.25. The van der Waals surface area contributed by atoms with Crippen molar-refractivity contribution in [2.24, 2.45) is 0 Å². The largest absolute Gasteiger partial charge is 0.491 e. The average molecular weight is 235 g/mol. The Morgan fingerprint density at radius 3 is 2.53 bits per heavy atom. The SMILES string of the molecule is CCCCN[C@H](C)c1ccccc1OC(C)C. The minimum Gasteiger partial charge on any atom is -0.491 e. The molecule has 2 heteroatoms. The van der Waals surface area contributed by atoms with E-state index in [0.717, 1.165) is 12.3 Å². The number of hydrogen-bond donors (Lipinski definition) is 1. The molecule has 17 heavy (non-hydrogen) atoms. The van der Waals surface area contributed by atoms with Crippen molar-refractivity contribution >= 4 is 0 Å². The maximum Gasteiger partial charge on any atom is 0.124 e. The molecule has 1 N–H and O–H groups in total. The Kier molecular flexibility index (Phi) is 6.06. The van der Waals surface area contributed by atoms with Crippen molar-refractivity contribution in [3.8, 4) is 5.75 Å². The molecule has 0 heterocycles. The third-order valence-electron chi connectivity index (χ3n) is 2.73. The lowest BCUT2D eigenvalue weighted by Gasteiger charge is -2.19. The van der Waals surface area contributed by atoms with Crippen molar-refractivity contribution in [2.75, 3.05) is 6.54 Å². The van der Waals surface area contributed by atoms with Crippen LogP contribution < -0.4 is 10.1 Å². The highest BCUT2D eigenvalue weighted by atomic mass is 16.5. The van der Waals surface area contributed by atoms with Crippen LogP contribution in [0.1, 0.15) is 52.1 Å². The molecule has 0 aromatic heterocycles. The summed E-state index contributed by atoms with van der Waals surface area (Å²) in [6, 6.07) is 8.63. The summed E-state index contributed by atoms with van der Waals surface area (Å²) in [6.07, 6.45) is 2.67. The van der Waals surface area contributed by atoms with Crippen LogP contribution in [0.5, 0.6) is 5.75 Å². The van der Waals surface area contributed by atoms with Crippen molar-refractivity contribution in [1.82, 2.24) is 5.32 Å². The molecule has 0 aliphatic carbocycles. The van der Waals surface area contributed by atoms with E-state index in [-0.39, 0.29) is 6.10 Å². The summed E-state index contributed by atoms with van der Waals surface area (Å²) >= 11 is 0. The maximum atomic E-state index is 5.83. The molecule has 1 rings (SSSR count). The molecule has 2 nitrogen and oxygen atoms in total. The van der Waals surface area contributed by atoms with E-state index >= 15 is 0 Å². The first-order valence-electron chi connectivity index (χ1n) is 6.64. The second-order valence-corrected chi connectivity index (χ2v) is 4.73. The van der Waals surface area contributed by atoms with Gasteiger partial charge in [-0.15, -0.1) is 0 Å². The molecule has 1 aromatic carbocycles. The molecular formula is C15H25NO. The molecule has 0 radical (unpaired) electrons. The number of nitrogens with one attached hydrogen (secondary N) is 1. The van der Waals surface area contributed by atoms with E-state index < -0.39 is 0 Å². The van der Waals surface area contributed by atoms with Gasteiger partial charge in [-0.2, -0.15) is 0 Å². The smallest absolute Gasteiger partial charge is 0.124 e. The highest BCUT2D eigenvalue weighted by Crippen LogP contribution is 2.25. The van der Waals surface area contributed by atoms with Crippen LogP contribution in [-0.2, 0) is 0 Å². The monoisotopic (exact) mass is 235 g/mol. The highest BCUT2D eigenvalue weighted by Gasteiger charge is 2.11. The third kappa shape index (κ3) is 4.78. The number of unbranched alkanes of at least 4 members (excludes halogenated alkanes) is 1. The van der Waals surface area contributed by atoms with Gasteiger partial charge in [-0.1, -0.05) is 31.5 Å². The maximum absolute atomic E-state index is 5.83. The minimum atomic E-state index is 0.221. The molecule has 0 fully saturated rings. The number of rotatable bonds is 7. The fraction of sp³-hybridized carbons (Fsp3) is 0.600. The molecule has 1 aromatic rings. The lowest BCUT2D eigenvalue weighted by atomic mass is 10.1. The van der Waals surface area contributed by atoms with Gasteiger partial charge in [-0.25, -0.2) is 0 Å². The van der Waals surface area contributed by atoms with Crippen LogP contribution >= 0.6 is 0 Å². The average Bonchev–Trinajstić information content (AvgIpc) is 2.29. The van der Waals surface area contributed by atoms with Gasteiger partial charge in [0.25, 0.3) is 0 Å². The first-order valence-corrected chi connectivity index (χ1v) is 6.64. The first-order chi connectivity index (χ1) is 8.15. The van der Waals surface area contributed by atoms with Crippen LogP contribution in [-0.4, -0.2) is 12.6 Å². The molecule has 0 aliphatic rings. The summed E-state index contributed by atoms with van der Waals surface area (Å²) in [7, 11) is 0. The molecular weight excluding hydrogens is 210 g/mol. The van der Waals surface area contributed by atoms with Crippen LogP contribution in [0.2, 0.25) is 0 Å². The van der Waals surface area contributed by atoms with Crippen molar-refractivity contribution in [3.05, 3.63) is 29.8 Å². The number of hydrogen-bond acceptors (Lipinski definition) is 2. The van der Waals surface area contributed by atoms with E-state index in [1.54, 1.807) is 0 Å². The molecule has 0 bridgehead atoms. The summed E-state index contributed by atoms with van der Waals surface area (Å²) in [5, 5.41) is 3.53. The predicted octanol–water partition coefficient (Wildman–Crippen LogP) is 3.92. The van der Waals surface area contributed by atoms with Crippen LogP contribution in [0.15, 0.2) is 24.3 Å². The van der Waals surface area contributed by atoms with Gasteiger partial charge in [0.05, 0.1) is 6.10 Å². The van der Waals surface area contributed by atoms with Crippen molar-refractivity contribution in [1.29, 1.82) is 0 Å². The van der Waals surface area contributed by atoms with Gasteiger partial charge >= 0.3 is 0 Å². The second kappa shape index (κ2) is 7.33. The van der Waals surface area contributed by atoms with Crippen LogP contribution in [0.4, 0.5) is 0 Å². The summed E-state index contributed by atoms with van der Waals surface area (Å²) < 4.78 is 5.83. The van der Waals surface area contributed by atoms with Gasteiger partial charge in [0.15, 0.2) is 0 Å². The number of para-hydroxylation sites is 1. The van der Waals surface area contributed by atoms with E-state index in [0.29, 0.717) is 6.04 Å². The van der Waals surface area contributed by atoms with Gasteiger partial charge in [0, 0.05) is 11.6 Å². The quantitative estimate of drug-likeness (QED) is 0.723. The lowest BCUT2D eigenvalue weighted by molar-refractivity contribution is 0.238. The Balaban J connectivity index is 2.67. The zero-order valence-corrected chi connectivity index (χ0v) is 11.5. The Bertz CT molecular complexity index is 322. The topological polar surface area (TPSA) is 21.3 Å². The highest BCUT2D eigenvalue weighted by molar-refractivity contribution is 5.35. The third-order valence-corrected chi connectivity index (χ3v) is 2.73. The van der Waals surface area contributed by atoms with Gasteiger partial charge in [-0.05, 0) is 39.8 Å². The second-order valence-electron chi connectivity index (χ2n) is 4.73. The molecule has 0 aliphatic heterocycles. The van der Waals surface area contributed by atoms with Gasteiger partial charge in [-0.3, -0.25) is 0 Å². The molecule has 0 amide bonds. The van der Waals surface area contributed by atoms with Crippen LogP contribution in [0.25, 0.3) is 0 Å². The van der Waals surface area contributed by atoms with Crippen LogP contribution in [0, 0.1) is 0 Å². The van der Waals surface area contributed by atoms with E-state index in [1.165, 1.54) is 18.4 Å². The summed E-state index contributed by atoms with van der Waals surface area (Å²) in [4.78, 5) is 0. The Morgan fingerprint density at radius 2 is 1.88 bits per heavy atom. The zero-order valence-electron chi connectivity index (χ0n) is 11.5. The number of benzene rings is 1. The summed E-state index contributed by atoms with van der Waals surface area (Å²) in [6.45, 7) is 9.59. The van der Waals surface area contributed by atoms with Crippen molar-refractivity contribution in [2.45, 2.75) is 52.7 Å². The van der Waals surface area contributed by atoms with E-state index in [4.69, 9.17) is 4.74 Å². The van der Waals surface area contributed by atoms with Crippen molar-refractivity contribution in [3.63, 3.8) is 0 Å². The van der Waals surface area contributed by atoms with Crippen molar-refractivity contribution < 1.29 is 4.74 Å². The summed E-state index contributed by atoms with van der Waals surface area (Å²) in [5.74, 6) is 0.999. The molecule has 0 saturated carbocycles. The molecule has 0 saturated heterocycles. The molecule has 0 unspecified atom stereocenters. The van der Waals surface area contributed by atoms with E-state index in [1.807, 2.05) is 12.1 Å². The molecule has 0 spiro atoms. The van der Waals surface area contributed by atoms with Gasteiger partial charge < -0.3 is 10.1 Å². The molecule has 1 atom stereocenters. The van der Waals surface area contributed by atoms with E-state index in [2.05, 4.69) is 45.1 Å².